The van der Waals surface area contributed by atoms with Gasteiger partial charge in [0.15, 0.2) is 12.2 Å². The second kappa shape index (κ2) is 62.6. The molecule has 0 rings (SSSR count). The molecule has 0 aromatic heterocycles. The number of hydrogen-bond acceptors (Lipinski definition) is 15. The van der Waals surface area contributed by atoms with Crippen molar-refractivity contribution in [2.24, 2.45) is 23.7 Å². The first-order chi connectivity index (χ1) is 44.2. The number of aliphatic hydroxyl groups is 1. The van der Waals surface area contributed by atoms with E-state index in [9.17, 15) is 43.2 Å². The molecular weight excluding hydrogens is 1210 g/mol. The molecule has 0 radical (unpaired) electrons. The first-order valence-electron chi connectivity index (χ1n) is 37.8. The highest BCUT2D eigenvalue weighted by Crippen LogP contribution is 2.45. The van der Waals surface area contributed by atoms with E-state index in [2.05, 4.69) is 55.4 Å². The summed E-state index contributed by atoms with van der Waals surface area (Å²) in [5, 5.41) is 10.6. The van der Waals surface area contributed by atoms with Crippen molar-refractivity contribution in [3.8, 4) is 0 Å². The number of hydrogen-bond donors (Lipinski definition) is 3. The third-order valence-corrected chi connectivity index (χ3v) is 19.4. The summed E-state index contributed by atoms with van der Waals surface area (Å²) in [4.78, 5) is 72.6. The van der Waals surface area contributed by atoms with Gasteiger partial charge in [-0.05, 0) is 49.4 Å². The van der Waals surface area contributed by atoms with Crippen molar-refractivity contribution < 1.29 is 80.2 Å². The highest BCUT2D eigenvalue weighted by Gasteiger charge is 2.30. The van der Waals surface area contributed by atoms with Gasteiger partial charge in [0.2, 0.25) is 0 Å². The fourth-order valence-electron chi connectivity index (χ4n) is 11.0. The summed E-state index contributed by atoms with van der Waals surface area (Å²) in [5.74, 6) is 0.885. The highest BCUT2D eigenvalue weighted by molar-refractivity contribution is 7.47. The van der Waals surface area contributed by atoms with Gasteiger partial charge in [0.25, 0.3) is 0 Å². The quantitative estimate of drug-likeness (QED) is 0.0222. The van der Waals surface area contributed by atoms with Crippen LogP contribution in [0.15, 0.2) is 0 Å². The first kappa shape index (κ1) is 90.1. The molecule has 0 saturated heterocycles. The monoisotopic (exact) mass is 1350 g/mol. The highest BCUT2D eigenvalue weighted by atomic mass is 31.2. The van der Waals surface area contributed by atoms with Crippen molar-refractivity contribution in [2.45, 2.75) is 382 Å². The number of phosphoric ester groups is 2. The second-order valence-corrected chi connectivity index (χ2v) is 30.7. The summed E-state index contributed by atoms with van der Waals surface area (Å²) in [6, 6.07) is 0. The molecule has 0 aliphatic carbocycles. The van der Waals surface area contributed by atoms with E-state index in [1.54, 1.807) is 0 Å². The Morgan fingerprint density at radius 2 is 0.522 bits per heavy atom. The summed E-state index contributed by atoms with van der Waals surface area (Å²) < 4.78 is 68.3. The van der Waals surface area contributed by atoms with Gasteiger partial charge in [-0.1, -0.05) is 312 Å². The average Bonchev–Trinajstić information content (AvgIpc) is 3.43. The van der Waals surface area contributed by atoms with Crippen LogP contribution >= 0.6 is 15.6 Å². The fourth-order valence-corrected chi connectivity index (χ4v) is 12.5. The van der Waals surface area contributed by atoms with Gasteiger partial charge in [-0.2, -0.15) is 0 Å². The summed E-state index contributed by atoms with van der Waals surface area (Å²) in [6.07, 6.45) is 46.0. The van der Waals surface area contributed by atoms with Gasteiger partial charge in [-0.15, -0.1) is 0 Å². The van der Waals surface area contributed by atoms with Crippen molar-refractivity contribution in [3.63, 3.8) is 0 Å². The van der Waals surface area contributed by atoms with Gasteiger partial charge in [0.05, 0.1) is 26.4 Å². The maximum absolute atomic E-state index is 13.1. The van der Waals surface area contributed by atoms with Crippen LogP contribution in [0.25, 0.3) is 0 Å². The third-order valence-electron chi connectivity index (χ3n) is 17.5. The van der Waals surface area contributed by atoms with Crippen molar-refractivity contribution in [2.75, 3.05) is 39.6 Å². The molecule has 0 heterocycles. The van der Waals surface area contributed by atoms with Crippen LogP contribution in [0.4, 0.5) is 0 Å². The van der Waals surface area contributed by atoms with Gasteiger partial charge >= 0.3 is 39.5 Å². The third kappa shape index (κ3) is 64.1. The van der Waals surface area contributed by atoms with E-state index in [-0.39, 0.29) is 25.7 Å². The van der Waals surface area contributed by atoms with E-state index in [0.29, 0.717) is 31.6 Å². The summed E-state index contributed by atoms with van der Waals surface area (Å²) in [7, 11) is -9.91. The van der Waals surface area contributed by atoms with Crippen molar-refractivity contribution in [3.05, 3.63) is 0 Å². The van der Waals surface area contributed by atoms with Crippen molar-refractivity contribution in [1.82, 2.24) is 0 Å². The largest absolute Gasteiger partial charge is 0.472 e. The lowest BCUT2D eigenvalue weighted by atomic mass is 9.99. The van der Waals surface area contributed by atoms with Crippen LogP contribution in [0.2, 0.25) is 0 Å². The number of carbonyl (C=O) groups excluding carboxylic acids is 4. The van der Waals surface area contributed by atoms with Crippen molar-refractivity contribution in [1.29, 1.82) is 0 Å². The summed E-state index contributed by atoms with van der Waals surface area (Å²) in [5.41, 5.74) is 0. The minimum atomic E-state index is -4.96. The van der Waals surface area contributed by atoms with Crippen LogP contribution in [0.5, 0.6) is 0 Å². The second-order valence-electron chi connectivity index (χ2n) is 27.8. The molecule has 17 nitrogen and oxygen atoms in total. The molecule has 0 saturated carbocycles. The Morgan fingerprint density at radius 3 is 0.772 bits per heavy atom. The maximum Gasteiger partial charge on any atom is 0.472 e. The molecule has 0 aliphatic heterocycles. The van der Waals surface area contributed by atoms with E-state index in [1.165, 1.54) is 161 Å². The number of carbonyl (C=O) groups is 4. The van der Waals surface area contributed by atoms with Crippen LogP contribution in [0, 0.1) is 23.7 Å². The van der Waals surface area contributed by atoms with Crippen LogP contribution in [-0.2, 0) is 65.4 Å². The molecule has 0 spiro atoms. The summed E-state index contributed by atoms with van der Waals surface area (Å²) in [6.45, 7) is 14.1. The molecule has 3 N–H and O–H groups in total. The Balaban J connectivity index is 5.21. The zero-order chi connectivity index (χ0) is 68.2. The molecule has 19 heteroatoms. The lowest BCUT2D eigenvalue weighted by molar-refractivity contribution is -0.161. The van der Waals surface area contributed by atoms with Crippen LogP contribution < -0.4 is 0 Å². The van der Waals surface area contributed by atoms with E-state index < -0.39 is 97.5 Å². The maximum atomic E-state index is 13.1. The zero-order valence-electron chi connectivity index (χ0n) is 60.2. The van der Waals surface area contributed by atoms with Crippen LogP contribution in [0.1, 0.15) is 364 Å². The molecule has 4 unspecified atom stereocenters. The molecule has 92 heavy (non-hydrogen) atoms. The lowest BCUT2D eigenvalue weighted by Crippen LogP contribution is -2.30. The Kier molecular flexibility index (Phi) is 61.3. The van der Waals surface area contributed by atoms with Gasteiger partial charge in [0.1, 0.15) is 19.3 Å². The minimum absolute atomic E-state index is 0.102. The molecule has 0 aliphatic rings. The molecular formula is C73H142O17P2. The molecule has 546 valence electrons. The van der Waals surface area contributed by atoms with E-state index in [0.717, 1.165) is 114 Å². The molecule has 0 fully saturated rings. The Hall–Kier alpha value is -1.94. The van der Waals surface area contributed by atoms with E-state index in [4.69, 9.17) is 37.0 Å². The predicted molar refractivity (Wildman–Crippen MR) is 372 cm³/mol. The normalized spacial score (nSPS) is 14.8. The molecule has 7 atom stereocenters. The molecule has 0 bridgehead atoms. The standard InChI is InChI=1S/C73H142O17P2/c1-9-65(7)51-43-35-26-22-19-20-24-28-39-47-55-72(77)89-68(59-83-70(75)53-45-37-27-23-18-16-14-12-11-13-15-17-21-25-33-41-49-63(3)4)61-87-91(79,80)85-57-67(74)58-86-92(81,82)88-62-69(60-84-71(76)54-46-38-31-29-34-42-50-64(5)6)90-73(78)56-48-40-32-30-36-44-52-66(8)10-2/h63-69,74H,9-62H2,1-8H3,(H,79,80)(H,81,82)/t65?,66?,67-,68-,69-/m1/s1. The molecule has 0 aromatic carbocycles. The SMILES string of the molecule is CCC(C)CCCCCCCCCCCCC(=O)O[C@H](COC(=O)CCCCCCCCCCCCCCCCCCC(C)C)COP(=O)(O)OC[C@@H](O)COP(=O)(O)OC[C@@H](COC(=O)CCCCCCCCC(C)C)OC(=O)CCCCCCCCC(C)CC. The summed E-state index contributed by atoms with van der Waals surface area (Å²) >= 11 is 0. The topological polar surface area (TPSA) is 237 Å². The number of esters is 4. The lowest BCUT2D eigenvalue weighted by Gasteiger charge is -2.21. The van der Waals surface area contributed by atoms with Crippen molar-refractivity contribution >= 4 is 39.5 Å². The average molecular weight is 1350 g/mol. The Labute approximate surface area is 562 Å². The number of rotatable bonds is 70. The molecule has 0 aromatic rings. The number of ether oxygens (including phenoxy) is 4. The predicted octanol–water partition coefficient (Wildman–Crippen LogP) is 20.9. The van der Waals surface area contributed by atoms with Gasteiger partial charge in [-0.25, -0.2) is 9.13 Å². The Bertz CT molecular complexity index is 1820. The number of phosphoric acid groups is 2. The van der Waals surface area contributed by atoms with E-state index >= 15 is 0 Å². The number of aliphatic hydroxyl groups excluding tert-OH is 1. The van der Waals surface area contributed by atoms with Gasteiger partial charge in [0, 0.05) is 25.7 Å². The smallest absolute Gasteiger partial charge is 0.462 e. The van der Waals surface area contributed by atoms with Gasteiger partial charge in [-0.3, -0.25) is 37.3 Å². The zero-order valence-corrected chi connectivity index (χ0v) is 62.0. The minimum Gasteiger partial charge on any atom is -0.462 e. The first-order valence-corrected chi connectivity index (χ1v) is 40.8. The van der Waals surface area contributed by atoms with E-state index in [1.807, 2.05) is 0 Å². The van der Waals surface area contributed by atoms with Gasteiger partial charge < -0.3 is 33.8 Å². The fraction of sp³-hybridized carbons (Fsp3) is 0.945. The van der Waals surface area contributed by atoms with Crippen LogP contribution in [0.3, 0.4) is 0 Å². The van der Waals surface area contributed by atoms with Crippen LogP contribution in [-0.4, -0.2) is 96.7 Å². The number of unbranched alkanes of at least 4 members (excludes halogenated alkanes) is 34. The Morgan fingerprint density at radius 1 is 0.304 bits per heavy atom. The molecule has 0 amide bonds.